The molecule has 1 nitrogen and oxygen atoms in total. The van der Waals surface area contributed by atoms with E-state index in [9.17, 15) is 4.79 Å². The number of rotatable bonds is 6. The van der Waals surface area contributed by atoms with Crippen LogP contribution in [0.1, 0.15) is 58.8 Å². The van der Waals surface area contributed by atoms with E-state index in [4.69, 9.17) is 0 Å². The zero-order valence-electron chi connectivity index (χ0n) is 10.7. The van der Waals surface area contributed by atoms with Crippen molar-refractivity contribution in [2.75, 3.05) is 0 Å². The summed E-state index contributed by atoms with van der Waals surface area (Å²) in [5, 5.41) is 0. The van der Waals surface area contributed by atoms with Crippen molar-refractivity contribution in [3.63, 3.8) is 0 Å². The third kappa shape index (κ3) is 2.09. The Bertz CT molecular complexity index is 292. The molecule has 2 aliphatic rings. The molecule has 0 N–H and O–H groups in total. The van der Waals surface area contributed by atoms with Crippen molar-refractivity contribution >= 4 is 5.78 Å². The zero-order valence-corrected chi connectivity index (χ0v) is 10.7. The lowest BCUT2D eigenvalue weighted by molar-refractivity contribution is -0.129. The number of carbonyl (C=O) groups is 1. The molecule has 2 bridgehead atoms. The molecule has 0 aromatic rings. The van der Waals surface area contributed by atoms with E-state index in [0.717, 1.165) is 19.3 Å². The lowest BCUT2D eigenvalue weighted by Gasteiger charge is -2.29. The molecule has 0 aromatic carbocycles. The van der Waals surface area contributed by atoms with Gasteiger partial charge >= 0.3 is 0 Å². The minimum absolute atomic E-state index is 0.00830. The highest BCUT2D eigenvalue weighted by Crippen LogP contribution is 2.52. The van der Waals surface area contributed by atoms with Gasteiger partial charge in [-0.25, -0.2) is 0 Å². The smallest absolute Gasteiger partial charge is 0.139 e. The van der Waals surface area contributed by atoms with Crippen molar-refractivity contribution < 1.29 is 4.79 Å². The lowest BCUT2D eigenvalue weighted by Crippen LogP contribution is -2.31. The number of fused-ring (bicyclic) bond motifs is 2. The molecule has 0 radical (unpaired) electrons. The SMILES string of the molecule is CCCCCCC(=O)C1(C)CC2C=CC1C2. The lowest BCUT2D eigenvalue weighted by atomic mass is 9.73. The Morgan fingerprint density at radius 3 is 2.69 bits per heavy atom. The Morgan fingerprint density at radius 2 is 2.12 bits per heavy atom. The maximum Gasteiger partial charge on any atom is 0.139 e. The first-order valence-electron chi connectivity index (χ1n) is 6.88. The average molecular weight is 220 g/mol. The highest BCUT2D eigenvalue weighted by molar-refractivity contribution is 5.85. The van der Waals surface area contributed by atoms with Crippen LogP contribution in [0.15, 0.2) is 12.2 Å². The number of hydrogen-bond donors (Lipinski definition) is 0. The minimum Gasteiger partial charge on any atom is -0.299 e. The summed E-state index contributed by atoms with van der Waals surface area (Å²) in [6, 6.07) is 0. The molecule has 0 heterocycles. The summed E-state index contributed by atoms with van der Waals surface area (Å²) in [7, 11) is 0. The van der Waals surface area contributed by atoms with Gasteiger partial charge in [-0.15, -0.1) is 0 Å². The Labute approximate surface area is 99.3 Å². The molecule has 2 aliphatic carbocycles. The van der Waals surface area contributed by atoms with Crippen LogP contribution < -0.4 is 0 Å². The molecule has 1 fully saturated rings. The first-order chi connectivity index (χ1) is 7.66. The van der Waals surface area contributed by atoms with Crippen LogP contribution in [-0.2, 0) is 4.79 Å². The summed E-state index contributed by atoms with van der Waals surface area (Å²) in [6.07, 6.45) is 12.6. The van der Waals surface area contributed by atoms with Crippen LogP contribution in [0.3, 0.4) is 0 Å². The Balaban J connectivity index is 1.83. The van der Waals surface area contributed by atoms with E-state index in [1.54, 1.807) is 0 Å². The summed E-state index contributed by atoms with van der Waals surface area (Å²) in [5.41, 5.74) is -0.00830. The van der Waals surface area contributed by atoms with Crippen molar-refractivity contribution in [3.05, 3.63) is 12.2 Å². The third-order valence-corrected chi connectivity index (χ3v) is 4.57. The molecule has 0 amide bonds. The molecule has 16 heavy (non-hydrogen) atoms. The standard InChI is InChI=1S/C15H24O/c1-3-4-5-6-7-14(16)15(2)11-12-8-9-13(15)10-12/h8-9,12-13H,3-7,10-11H2,1-2H3. The van der Waals surface area contributed by atoms with Gasteiger partial charge in [0.2, 0.25) is 0 Å². The van der Waals surface area contributed by atoms with E-state index >= 15 is 0 Å². The quantitative estimate of drug-likeness (QED) is 0.486. The number of carbonyl (C=O) groups excluding carboxylic acids is 1. The van der Waals surface area contributed by atoms with Gasteiger partial charge in [-0.05, 0) is 31.1 Å². The summed E-state index contributed by atoms with van der Waals surface area (Å²) in [6.45, 7) is 4.41. The normalized spacial score (nSPS) is 35.9. The molecule has 2 rings (SSSR count). The maximum absolute atomic E-state index is 12.3. The molecule has 0 spiro atoms. The van der Waals surface area contributed by atoms with Crippen molar-refractivity contribution in [3.8, 4) is 0 Å². The summed E-state index contributed by atoms with van der Waals surface area (Å²) < 4.78 is 0. The third-order valence-electron chi connectivity index (χ3n) is 4.57. The highest BCUT2D eigenvalue weighted by Gasteiger charge is 2.48. The fraction of sp³-hybridized carbons (Fsp3) is 0.800. The largest absolute Gasteiger partial charge is 0.299 e. The first kappa shape index (κ1) is 11.9. The van der Waals surface area contributed by atoms with Crippen LogP contribution in [0.5, 0.6) is 0 Å². The van der Waals surface area contributed by atoms with E-state index in [1.165, 1.54) is 25.7 Å². The first-order valence-corrected chi connectivity index (χ1v) is 6.88. The van der Waals surface area contributed by atoms with E-state index in [0.29, 0.717) is 17.6 Å². The van der Waals surface area contributed by atoms with Gasteiger partial charge in [-0.2, -0.15) is 0 Å². The van der Waals surface area contributed by atoms with Crippen LogP contribution in [0.25, 0.3) is 0 Å². The minimum atomic E-state index is -0.00830. The monoisotopic (exact) mass is 220 g/mol. The number of ketones is 1. The number of hydrogen-bond acceptors (Lipinski definition) is 1. The van der Waals surface area contributed by atoms with Crippen molar-refractivity contribution in [2.45, 2.75) is 58.8 Å². The van der Waals surface area contributed by atoms with E-state index < -0.39 is 0 Å². The van der Waals surface area contributed by atoms with E-state index in [-0.39, 0.29) is 5.41 Å². The summed E-state index contributed by atoms with van der Waals surface area (Å²) in [5.74, 6) is 1.78. The molecule has 3 unspecified atom stereocenters. The molecule has 90 valence electrons. The fourth-order valence-electron chi connectivity index (χ4n) is 3.41. The molecule has 1 heteroatoms. The number of allylic oxidation sites excluding steroid dienone is 2. The van der Waals surface area contributed by atoms with Crippen molar-refractivity contribution in [2.24, 2.45) is 17.3 Å². The van der Waals surface area contributed by atoms with Crippen molar-refractivity contribution in [1.29, 1.82) is 0 Å². The van der Waals surface area contributed by atoms with Gasteiger partial charge in [0.15, 0.2) is 0 Å². The van der Waals surface area contributed by atoms with Crippen LogP contribution in [0.2, 0.25) is 0 Å². The molecule has 0 saturated heterocycles. The van der Waals surface area contributed by atoms with Gasteiger partial charge in [-0.3, -0.25) is 4.79 Å². The molecular weight excluding hydrogens is 196 g/mol. The van der Waals surface area contributed by atoms with Crippen LogP contribution in [0, 0.1) is 17.3 Å². The second-order valence-corrected chi connectivity index (χ2v) is 5.84. The number of unbranched alkanes of at least 4 members (excludes halogenated alkanes) is 3. The average Bonchev–Trinajstić information content (AvgIpc) is 2.84. The molecule has 3 atom stereocenters. The van der Waals surface area contributed by atoms with Crippen molar-refractivity contribution in [1.82, 2.24) is 0 Å². The fourth-order valence-corrected chi connectivity index (χ4v) is 3.41. The maximum atomic E-state index is 12.3. The molecule has 1 saturated carbocycles. The van der Waals surface area contributed by atoms with E-state index in [2.05, 4.69) is 26.0 Å². The van der Waals surface area contributed by atoms with Gasteiger partial charge in [-0.1, -0.05) is 45.3 Å². The summed E-state index contributed by atoms with van der Waals surface area (Å²) in [4.78, 5) is 12.3. The van der Waals surface area contributed by atoms with Gasteiger partial charge in [0.05, 0.1) is 0 Å². The topological polar surface area (TPSA) is 17.1 Å². The van der Waals surface area contributed by atoms with Gasteiger partial charge in [0.25, 0.3) is 0 Å². The second-order valence-electron chi connectivity index (χ2n) is 5.84. The Kier molecular flexibility index (Phi) is 3.51. The van der Waals surface area contributed by atoms with Crippen LogP contribution in [0.4, 0.5) is 0 Å². The Morgan fingerprint density at radius 1 is 1.31 bits per heavy atom. The van der Waals surface area contributed by atoms with Gasteiger partial charge in [0.1, 0.15) is 5.78 Å². The second kappa shape index (κ2) is 4.73. The summed E-state index contributed by atoms with van der Waals surface area (Å²) >= 11 is 0. The number of Topliss-reactive ketones (excluding diaryl/α,β-unsaturated/α-hetero) is 1. The predicted molar refractivity (Wildman–Crippen MR) is 67.2 cm³/mol. The highest BCUT2D eigenvalue weighted by atomic mass is 16.1. The zero-order chi connectivity index (χ0) is 11.6. The van der Waals surface area contributed by atoms with Gasteiger partial charge < -0.3 is 0 Å². The predicted octanol–water partition coefficient (Wildman–Crippen LogP) is 4.13. The molecule has 0 aromatic heterocycles. The van der Waals surface area contributed by atoms with Crippen LogP contribution >= 0.6 is 0 Å². The molecule has 0 aliphatic heterocycles. The van der Waals surface area contributed by atoms with Gasteiger partial charge in [0, 0.05) is 11.8 Å². The Hall–Kier alpha value is -0.590. The van der Waals surface area contributed by atoms with E-state index in [1.807, 2.05) is 0 Å². The van der Waals surface area contributed by atoms with Crippen LogP contribution in [-0.4, -0.2) is 5.78 Å². The molecular formula is C15H24O.